The molecule has 0 spiro atoms. The van der Waals surface area contributed by atoms with Crippen molar-refractivity contribution in [2.45, 2.75) is 57.6 Å². The molecule has 0 bridgehead atoms. The molecule has 2 aromatic rings. The summed E-state index contributed by atoms with van der Waals surface area (Å²) in [5, 5.41) is 3.40. The summed E-state index contributed by atoms with van der Waals surface area (Å²) in [6.45, 7) is 1.87. The molecule has 1 saturated heterocycles. The quantitative estimate of drug-likeness (QED) is 0.577. The summed E-state index contributed by atoms with van der Waals surface area (Å²) in [6, 6.07) is 7.12. The first-order chi connectivity index (χ1) is 18.5. The lowest BCUT2D eigenvalue weighted by Crippen LogP contribution is -2.50. The Bertz CT molecular complexity index is 1190. The van der Waals surface area contributed by atoms with Gasteiger partial charge in [-0.25, -0.2) is 0 Å². The molecule has 1 aromatic heterocycles. The van der Waals surface area contributed by atoms with E-state index >= 15 is 0 Å². The minimum Gasteiger partial charge on any atom is -0.488 e. The molecule has 1 saturated carbocycles. The van der Waals surface area contributed by atoms with Gasteiger partial charge in [0.2, 0.25) is 17.7 Å². The Kier molecular flexibility index (Phi) is 8.17. The van der Waals surface area contributed by atoms with E-state index in [1.165, 1.54) is 0 Å². The van der Waals surface area contributed by atoms with E-state index in [-0.39, 0.29) is 29.6 Å². The lowest BCUT2D eigenvalue weighted by Gasteiger charge is -2.43. The Labute approximate surface area is 228 Å². The van der Waals surface area contributed by atoms with Crippen LogP contribution in [-0.2, 0) is 27.4 Å². The highest BCUT2D eigenvalue weighted by molar-refractivity contribution is 6.31. The van der Waals surface area contributed by atoms with Gasteiger partial charge >= 0.3 is 0 Å². The van der Waals surface area contributed by atoms with E-state index < -0.39 is 6.04 Å². The van der Waals surface area contributed by atoms with Gasteiger partial charge in [0, 0.05) is 73.5 Å². The monoisotopic (exact) mass is 538 g/mol. The molecule has 2 unspecified atom stereocenters. The first-order valence-electron chi connectivity index (χ1n) is 13.6. The summed E-state index contributed by atoms with van der Waals surface area (Å²) in [4.78, 5) is 47.5. The number of hydrogen-bond acceptors (Lipinski definition) is 5. The van der Waals surface area contributed by atoms with Gasteiger partial charge in [0.25, 0.3) is 0 Å². The predicted molar refractivity (Wildman–Crippen MR) is 144 cm³/mol. The number of pyridine rings is 1. The molecule has 1 N–H and O–H groups in total. The van der Waals surface area contributed by atoms with Gasteiger partial charge in [0.05, 0.1) is 6.04 Å². The number of nitrogens with one attached hydrogen (secondary N) is 1. The fraction of sp³-hybridized carbons (Fsp3) is 0.517. The summed E-state index contributed by atoms with van der Waals surface area (Å²) >= 11 is 6.70. The van der Waals surface area contributed by atoms with Gasteiger partial charge in [-0.1, -0.05) is 30.5 Å². The lowest BCUT2D eigenvalue weighted by molar-refractivity contribution is -0.147. The molecule has 3 heterocycles. The highest BCUT2D eigenvalue weighted by Crippen LogP contribution is 2.43. The van der Waals surface area contributed by atoms with Crippen molar-refractivity contribution in [3.05, 3.63) is 58.4 Å². The average molecular weight is 539 g/mol. The second-order valence-electron chi connectivity index (χ2n) is 10.4. The van der Waals surface area contributed by atoms with Crippen LogP contribution in [-0.4, -0.2) is 59.2 Å². The fourth-order valence-corrected chi connectivity index (χ4v) is 6.51. The minimum atomic E-state index is -0.400. The second kappa shape index (κ2) is 11.7. The average Bonchev–Trinajstić information content (AvgIpc) is 3.36. The molecule has 0 radical (unpaired) electrons. The van der Waals surface area contributed by atoms with Crippen molar-refractivity contribution in [2.75, 3.05) is 26.7 Å². The highest BCUT2D eigenvalue weighted by atomic mass is 35.5. The zero-order valence-corrected chi connectivity index (χ0v) is 22.6. The Hall–Kier alpha value is -3.13. The van der Waals surface area contributed by atoms with Crippen molar-refractivity contribution in [3.8, 4) is 5.75 Å². The zero-order valence-electron chi connectivity index (χ0n) is 21.8. The van der Waals surface area contributed by atoms with Gasteiger partial charge < -0.3 is 19.9 Å². The van der Waals surface area contributed by atoms with E-state index in [1.807, 2.05) is 34.1 Å². The molecule has 3 aliphatic rings. The maximum Gasteiger partial charge on any atom is 0.227 e. The molecule has 5 rings (SSSR count). The number of rotatable bonds is 7. The van der Waals surface area contributed by atoms with Crippen molar-refractivity contribution in [1.82, 2.24) is 20.1 Å². The van der Waals surface area contributed by atoms with Crippen LogP contribution in [0.5, 0.6) is 5.75 Å². The molecule has 9 heteroatoms. The van der Waals surface area contributed by atoms with E-state index in [2.05, 4.69) is 10.3 Å². The van der Waals surface area contributed by atoms with E-state index in [1.54, 1.807) is 19.4 Å². The fourth-order valence-electron chi connectivity index (χ4n) is 6.25. The molecule has 2 fully saturated rings. The number of aromatic nitrogens is 1. The highest BCUT2D eigenvalue weighted by Gasteiger charge is 2.43. The largest absolute Gasteiger partial charge is 0.488 e. The number of ether oxygens (including phenoxy) is 1. The van der Waals surface area contributed by atoms with Crippen LogP contribution in [0.25, 0.3) is 0 Å². The molecule has 1 aliphatic carbocycles. The van der Waals surface area contributed by atoms with Crippen molar-refractivity contribution in [1.29, 1.82) is 0 Å². The molecule has 38 heavy (non-hydrogen) atoms. The summed E-state index contributed by atoms with van der Waals surface area (Å²) in [5.74, 6) is -0.0356. The van der Waals surface area contributed by atoms with Crippen LogP contribution < -0.4 is 10.1 Å². The molecule has 3 atom stereocenters. The van der Waals surface area contributed by atoms with Crippen LogP contribution in [0, 0.1) is 11.8 Å². The topological polar surface area (TPSA) is 91.8 Å². The third-order valence-electron chi connectivity index (χ3n) is 8.20. The number of carbonyl (C=O) groups excluding carboxylic acids is 3. The standard InChI is InChI=1S/C29H35ClN4O4/c1-31-28(36)20-7-2-3-8-21(20)29(37)34-15-12-22-23(30)10-11-25(38-18-19-6-4-13-32-16-19)27(22)24(34)17-33-14-5-9-26(33)35/h4,6,10-11,13,16,20-21,24H,2-3,5,7-9,12,14-15,17-18H2,1H3,(H,31,36)/t20?,21?,24-/m1/s1. The minimum absolute atomic E-state index is 0.0150. The molecule has 2 aliphatic heterocycles. The van der Waals surface area contributed by atoms with Gasteiger partial charge in [0.15, 0.2) is 0 Å². The lowest BCUT2D eigenvalue weighted by atomic mass is 9.77. The summed E-state index contributed by atoms with van der Waals surface area (Å²) < 4.78 is 6.31. The Morgan fingerprint density at radius 3 is 2.63 bits per heavy atom. The van der Waals surface area contributed by atoms with Gasteiger partial charge in [0.1, 0.15) is 12.4 Å². The number of nitrogens with zero attached hydrogens (tertiary/aromatic N) is 3. The third-order valence-corrected chi connectivity index (χ3v) is 8.56. The predicted octanol–water partition coefficient (Wildman–Crippen LogP) is 3.91. The molecular weight excluding hydrogens is 504 g/mol. The first-order valence-corrected chi connectivity index (χ1v) is 14.0. The Morgan fingerprint density at radius 1 is 1.11 bits per heavy atom. The molecular formula is C29H35ClN4O4. The van der Waals surface area contributed by atoms with Crippen LogP contribution in [0.2, 0.25) is 5.02 Å². The van der Waals surface area contributed by atoms with Crippen LogP contribution >= 0.6 is 11.6 Å². The molecule has 3 amide bonds. The number of likely N-dealkylation sites (tertiary alicyclic amines) is 1. The number of amides is 3. The van der Waals surface area contributed by atoms with Crippen LogP contribution in [0.15, 0.2) is 36.7 Å². The summed E-state index contributed by atoms with van der Waals surface area (Å²) in [6.07, 6.45) is 8.68. The number of benzene rings is 1. The Balaban J connectivity index is 1.51. The van der Waals surface area contributed by atoms with Crippen LogP contribution in [0.1, 0.15) is 61.3 Å². The van der Waals surface area contributed by atoms with E-state index in [9.17, 15) is 14.4 Å². The molecule has 8 nitrogen and oxygen atoms in total. The van der Waals surface area contributed by atoms with Gasteiger partial charge in [-0.15, -0.1) is 0 Å². The normalized spacial score (nSPS) is 23.2. The third kappa shape index (κ3) is 5.37. The first kappa shape index (κ1) is 26.5. The SMILES string of the molecule is CNC(=O)C1CCCCC1C(=O)N1CCc2c(Cl)ccc(OCc3cccnc3)c2[C@H]1CN1CCCC1=O. The maximum atomic E-state index is 14.2. The number of carbonyl (C=O) groups is 3. The zero-order chi connectivity index (χ0) is 26.6. The van der Waals surface area contributed by atoms with Crippen molar-refractivity contribution in [3.63, 3.8) is 0 Å². The maximum absolute atomic E-state index is 14.2. The van der Waals surface area contributed by atoms with Crippen LogP contribution in [0.4, 0.5) is 0 Å². The van der Waals surface area contributed by atoms with Crippen molar-refractivity contribution >= 4 is 29.3 Å². The second-order valence-corrected chi connectivity index (χ2v) is 10.8. The van der Waals surface area contributed by atoms with E-state index in [0.717, 1.165) is 36.0 Å². The van der Waals surface area contributed by atoms with Crippen molar-refractivity contribution in [2.24, 2.45) is 11.8 Å². The van der Waals surface area contributed by atoms with Gasteiger partial charge in [-0.05, 0) is 49.4 Å². The van der Waals surface area contributed by atoms with Crippen LogP contribution in [0.3, 0.4) is 0 Å². The summed E-state index contributed by atoms with van der Waals surface area (Å²) in [7, 11) is 1.63. The summed E-state index contributed by atoms with van der Waals surface area (Å²) in [5.41, 5.74) is 2.76. The number of halogens is 1. The van der Waals surface area contributed by atoms with E-state index in [4.69, 9.17) is 16.3 Å². The smallest absolute Gasteiger partial charge is 0.227 e. The Morgan fingerprint density at radius 2 is 1.92 bits per heavy atom. The van der Waals surface area contributed by atoms with Crippen molar-refractivity contribution < 1.29 is 19.1 Å². The molecule has 1 aromatic carbocycles. The van der Waals surface area contributed by atoms with Gasteiger partial charge in [-0.2, -0.15) is 0 Å². The molecule has 202 valence electrons. The van der Waals surface area contributed by atoms with E-state index in [0.29, 0.717) is 62.7 Å². The number of fused-ring (bicyclic) bond motifs is 1. The number of hydrogen-bond donors (Lipinski definition) is 1. The van der Waals surface area contributed by atoms with Gasteiger partial charge in [-0.3, -0.25) is 19.4 Å².